The molecule has 0 saturated heterocycles. The molecule has 1 fully saturated rings. The molecule has 0 heterocycles. The molecule has 0 aromatic rings. The molecule has 13 heavy (non-hydrogen) atoms. The number of allylic oxidation sites excluding steroid dienone is 3. The second-order valence-corrected chi connectivity index (χ2v) is 4.29. The van der Waals surface area contributed by atoms with Gasteiger partial charge in [0.15, 0.2) is 0 Å². The van der Waals surface area contributed by atoms with Crippen LogP contribution in [0.15, 0.2) is 23.8 Å². The van der Waals surface area contributed by atoms with E-state index in [4.69, 9.17) is 0 Å². The molecule has 1 rings (SSSR count). The molecule has 2 atom stereocenters. The molecule has 1 heteroatoms. The highest BCUT2D eigenvalue weighted by Gasteiger charge is 2.24. The second-order valence-electron chi connectivity index (χ2n) is 4.29. The van der Waals surface area contributed by atoms with Gasteiger partial charge in [0.05, 0.1) is 6.10 Å². The standard InChI is InChI=1S/C12H20O/c1-9(2)5-4-6-11-10(3)7-8-12(11)13/h4-6,9-10,12-13H,7-8H2,1-3H3/b5-4-,11-6+. The number of hydrogen-bond donors (Lipinski definition) is 1. The fourth-order valence-electron chi connectivity index (χ4n) is 1.73. The van der Waals surface area contributed by atoms with Crippen LogP contribution >= 0.6 is 0 Å². The van der Waals surface area contributed by atoms with E-state index in [1.807, 2.05) is 0 Å². The van der Waals surface area contributed by atoms with Crippen molar-refractivity contribution in [3.05, 3.63) is 23.8 Å². The van der Waals surface area contributed by atoms with Gasteiger partial charge >= 0.3 is 0 Å². The molecule has 0 amide bonds. The van der Waals surface area contributed by atoms with E-state index in [1.165, 1.54) is 5.57 Å². The van der Waals surface area contributed by atoms with Crippen molar-refractivity contribution in [1.82, 2.24) is 0 Å². The molecule has 0 radical (unpaired) electrons. The first-order valence-electron chi connectivity index (χ1n) is 5.17. The van der Waals surface area contributed by atoms with Gasteiger partial charge in [-0.15, -0.1) is 0 Å². The van der Waals surface area contributed by atoms with Crippen LogP contribution in [0, 0.1) is 11.8 Å². The summed E-state index contributed by atoms with van der Waals surface area (Å²) in [5.41, 5.74) is 1.21. The Morgan fingerprint density at radius 2 is 2.08 bits per heavy atom. The lowest BCUT2D eigenvalue weighted by molar-refractivity contribution is 0.217. The Balaban J connectivity index is 2.58. The van der Waals surface area contributed by atoms with E-state index in [0.717, 1.165) is 12.8 Å². The maximum Gasteiger partial charge on any atom is 0.0756 e. The van der Waals surface area contributed by atoms with E-state index < -0.39 is 0 Å². The van der Waals surface area contributed by atoms with Crippen molar-refractivity contribution < 1.29 is 5.11 Å². The largest absolute Gasteiger partial charge is 0.389 e. The van der Waals surface area contributed by atoms with Gasteiger partial charge in [0.1, 0.15) is 0 Å². The Morgan fingerprint density at radius 1 is 1.38 bits per heavy atom. The predicted octanol–water partition coefficient (Wildman–Crippen LogP) is 2.92. The van der Waals surface area contributed by atoms with E-state index >= 15 is 0 Å². The number of rotatable bonds is 2. The SMILES string of the molecule is CC(C)/C=C\C=C1/C(C)CCC1O. The fraction of sp³-hybridized carbons (Fsp3) is 0.667. The summed E-state index contributed by atoms with van der Waals surface area (Å²) >= 11 is 0. The minimum absolute atomic E-state index is 0.188. The smallest absolute Gasteiger partial charge is 0.0756 e. The number of hydrogen-bond acceptors (Lipinski definition) is 1. The van der Waals surface area contributed by atoms with Crippen LogP contribution in [0.4, 0.5) is 0 Å². The van der Waals surface area contributed by atoms with Gasteiger partial charge in [0.2, 0.25) is 0 Å². The Hall–Kier alpha value is -0.560. The Labute approximate surface area is 81.2 Å². The minimum atomic E-state index is -0.188. The Morgan fingerprint density at radius 3 is 2.54 bits per heavy atom. The molecule has 74 valence electrons. The Kier molecular flexibility index (Phi) is 3.73. The zero-order valence-corrected chi connectivity index (χ0v) is 8.83. The van der Waals surface area contributed by atoms with Gasteiger partial charge in [0, 0.05) is 0 Å². The minimum Gasteiger partial charge on any atom is -0.389 e. The van der Waals surface area contributed by atoms with Gasteiger partial charge < -0.3 is 5.11 Å². The average molecular weight is 180 g/mol. The Bertz CT molecular complexity index is 201. The molecular weight excluding hydrogens is 160 g/mol. The molecule has 0 aliphatic heterocycles. The van der Waals surface area contributed by atoms with Crippen LogP contribution < -0.4 is 0 Å². The van der Waals surface area contributed by atoms with Gasteiger partial charge in [-0.05, 0) is 30.3 Å². The first-order chi connectivity index (χ1) is 6.11. The van der Waals surface area contributed by atoms with Crippen LogP contribution in [0.3, 0.4) is 0 Å². The normalized spacial score (nSPS) is 32.5. The third-order valence-electron chi connectivity index (χ3n) is 2.61. The summed E-state index contributed by atoms with van der Waals surface area (Å²) in [5, 5.41) is 9.62. The molecule has 0 aromatic carbocycles. The zero-order valence-electron chi connectivity index (χ0n) is 8.83. The second kappa shape index (κ2) is 4.61. The first kappa shape index (κ1) is 10.5. The molecule has 2 unspecified atom stereocenters. The van der Waals surface area contributed by atoms with Crippen LogP contribution in [-0.4, -0.2) is 11.2 Å². The summed E-state index contributed by atoms with van der Waals surface area (Å²) in [6.45, 7) is 6.50. The van der Waals surface area contributed by atoms with E-state index in [1.54, 1.807) is 0 Å². The lowest BCUT2D eigenvalue weighted by Gasteiger charge is -2.06. The van der Waals surface area contributed by atoms with Crippen molar-refractivity contribution in [1.29, 1.82) is 0 Å². The van der Waals surface area contributed by atoms with Gasteiger partial charge in [-0.3, -0.25) is 0 Å². The summed E-state index contributed by atoms with van der Waals surface area (Å²) in [5.74, 6) is 1.15. The highest BCUT2D eigenvalue weighted by molar-refractivity contribution is 5.21. The van der Waals surface area contributed by atoms with Crippen molar-refractivity contribution in [2.75, 3.05) is 0 Å². The summed E-state index contributed by atoms with van der Waals surface area (Å²) in [4.78, 5) is 0. The zero-order chi connectivity index (χ0) is 9.84. The quantitative estimate of drug-likeness (QED) is 0.692. The first-order valence-corrected chi connectivity index (χ1v) is 5.17. The van der Waals surface area contributed by atoms with E-state index in [0.29, 0.717) is 11.8 Å². The van der Waals surface area contributed by atoms with E-state index in [-0.39, 0.29) is 6.10 Å². The van der Waals surface area contributed by atoms with Crippen molar-refractivity contribution in [3.8, 4) is 0 Å². The molecular formula is C12H20O. The van der Waals surface area contributed by atoms with Crippen molar-refractivity contribution >= 4 is 0 Å². The van der Waals surface area contributed by atoms with Crippen molar-refractivity contribution in [3.63, 3.8) is 0 Å². The van der Waals surface area contributed by atoms with Crippen LogP contribution in [-0.2, 0) is 0 Å². The van der Waals surface area contributed by atoms with Crippen molar-refractivity contribution in [2.45, 2.75) is 39.7 Å². The lowest BCUT2D eigenvalue weighted by atomic mass is 10.0. The molecule has 1 aliphatic rings. The highest BCUT2D eigenvalue weighted by Crippen LogP contribution is 2.30. The summed E-state index contributed by atoms with van der Waals surface area (Å²) in [6, 6.07) is 0. The molecule has 0 aromatic heterocycles. The predicted molar refractivity (Wildman–Crippen MR) is 56.5 cm³/mol. The van der Waals surface area contributed by atoms with Crippen LogP contribution in [0.2, 0.25) is 0 Å². The lowest BCUT2D eigenvalue weighted by Crippen LogP contribution is -2.04. The van der Waals surface area contributed by atoms with E-state index in [9.17, 15) is 5.11 Å². The van der Waals surface area contributed by atoms with Crippen LogP contribution in [0.5, 0.6) is 0 Å². The summed E-state index contributed by atoms with van der Waals surface area (Å²) in [6.07, 6.45) is 8.19. The van der Waals surface area contributed by atoms with Crippen LogP contribution in [0.25, 0.3) is 0 Å². The topological polar surface area (TPSA) is 20.2 Å². The summed E-state index contributed by atoms with van der Waals surface area (Å²) < 4.78 is 0. The molecule has 1 aliphatic carbocycles. The maximum absolute atomic E-state index is 9.62. The van der Waals surface area contributed by atoms with Crippen molar-refractivity contribution in [2.24, 2.45) is 11.8 Å². The molecule has 1 nitrogen and oxygen atoms in total. The van der Waals surface area contributed by atoms with Gasteiger partial charge in [-0.2, -0.15) is 0 Å². The molecule has 1 N–H and O–H groups in total. The average Bonchev–Trinajstić information content (AvgIpc) is 2.34. The molecule has 1 saturated carbocycles. The third kappa shape index (κ3) is 3.00. The maximum atomic E-state index is 9.62. The van der Waals surface area contributed by atoms with Gasteiger partial charge in [0.25, 0.3) is 0 Å². The highest BCUT2D eigenvalue weighted by atomic mass is 16.3. The number of aliphatic hydroxyl groups is 1. The van der Waals surface area contributed by atoms with Gasteiger partial charge in [-0.1, -0.05) is 39.0 Å². The van der Waals surface area contributed by atoms with E-state index in [2.05, 4.69) is 39.0 Å². The van der Waals surface area contributed by atoms with Crippen LogP contribution in [0.1, 0.15) is 33.6 Å². The third-order valence-corrected chi connectivity index (χ3v) is 2.61. The summed E-state index contributed by atoms with van der Waals surface area (Å²) in [7, 11) is 0. The molecule has 0 bridgehead atoms. The van der Waals surface area contributed by atoms with Gasteiger partial charge in [-0.25, -0.2) is 0 Å². The fourth-order valence-corrected chi connectivity index (χ4v) is 1.73. The monoisotopic (exact) mass is 180 g/mol. The number of aliphatic hydroxyl groups excluding tert-OH is 1. The molecule has 0 spiro atoms.